The molecule has 0 aliphatic heterocycles. The molecule has 0 N–H and O–H groups in total. The maximum atomic E-state index is 4.93. The van der Waals surface area contributed by atoms with Gasteiger partial charge in [-0.1, -0.05) is 48.5 Å². The van der Waals surface area contributed by atoms with Gasteiger partial charge in [-0.15, -0.1) is 82.2 Å². The number of fused-ring (bicyclic) bond motifs is 6. The predicted octanol–water partition coefficient (Wildman–Crippen LogP) is 11.6. The molecule has 1 aliphatic rings. The summed E-state index contributed by atoms with van der Waals surface area (Å²) in [6, 6.07) is 46.0. The zero-order valence-corrected chi connectivity index (χ0v) is 28.6. The molecule has 0 saturated carbocycles. The minimum absolute atomic E-state index is 0.826. The fourth-order valence-electron chi connectivity index (χ4n) is 6.95. The summed E-state index contributed by atoms with van der Waals surface area (Å²) in [5.74, 6) is 0. The summed E-state index contributed by atoms with van der Waals surface area (Å²) in [7, 11) is 9.87. The van der Waals surface area contributed by atoms with Crippen molar-refractivity contribution in [2.24, 2.45) is 0 Å². The molecule has 2 heterocycles. The van der Waals surface area contributed by atoms with E-state index >= 15 is 0 Å². The van der Waals surface area contributed by atoms with E-state index in [9.17, 15) is 0 Å². The molecular formula is C39H32Cl2N2Zr. The second kappa shape index (κ2) is 12.9. The molecule has 0 spiro atoms. The van der Waals surface area contributed by atoms with Crippen molar-refractivity contribution in [2.75, 3.05) is 0 Å². The monoisotopic (exact) mass is 688 g/mol. The number of hydrogen-bond acceptors (Lipinski definition) is 0. The Morgan fingerprint density at radius 1 is 0.591 bits per heavy atom. The van der Waals surface area contributed by atoms with Crippen molar-refractivity contribution in [3.05, 3.63) is 144 Å². The van der Waals surface area contributed by atoms with Gasteiger partial charge in [0.2, 0.25) is 0 Å². The molecule has 0 unspecified atom stereocenters. The maximum absolute atomic E-state index is 4.93. The van der Waals surface area contributed by atoms with Crippen LogP contribution in [0.1, 0.15) is 29.8 Å². The van der Waals surface area contributed by atoms with E-state index in [0.717, 1.165) is 0 Å². The Morgan fingerprint density at radius 2 is 1.11 bits per heavy atom. The number of nitrogens with zero attached hydrogens (tertiary/aromatic N) is 2. The largest absolute Gasteiger partial charge is 0.332 e. The summed E-state index contributed by atoms with van der Waals surface area (Å²) in [6.07, 6.45) is 5.06. The molecule has 1 aliphatic carbocycles. The van der Waals surface area contributed by atoms with Gasteiger partial charge in [0, 0.05) is 22.2 Å². The molecule has 6 aromatic carbocycles. The third-order valence-electron chi connectivity index (χ3n) is 8.80. The van der Waals surface area contributed by atoms with E-state index in [1.54, 1.807) is 5.56 Å². The third-order valence-corrected chi connectivity index (χ3v) is 8.80. The molecule has 8 aromatic rings. The normalized spacial score (nSPS) is 12.4. The standard InChI is InChI=1S/C21H18N.C18H14N.2ClH.Zr/c1-2-8-16-14-17(13-15(16)7-1)22-20-11-5-3-9-18(20)19-10-4-6-12-21(19)22;1-13-10-16-8-4-5-9-18(16)19(13)17-11-14-6-2-3-7-15(14)12-17;;;/h1-3,5,7-9,11,13-14H,4,6,10,12H2;2-12H,1H3;2*1H;/q2*-1;;;+4/p-2. The van der Waals surface area contributed by atoms with E-state index in [2.05, 4.69) is 143 Å². The first kappa shape index (κ1) is 29.4. The Bertz CT molecular complexity index is 2140. The molecule has 5 heteroatoms. The molecule has 2 nitrogen and oxygen atoms in total. The molecule has 0 fully saturated rings. The van der Waals surface area contributed by atoms with Gasteiger partial charge in [0.25, 0.3) is 0 Å². The van der Waals surface area contributed by atoms with Crippen LogP contribution in [0.5, 0.6) is 0 Å². The van der Waals surface area contributed by atoms with Crippen LogP contribution in [-0.4, -0.2) is 9.13 Å². The third kappa shape index (κ3) is 5.52. The van der Waals surface area contributed by atoms with Crippen LogP contribution >= 0.6 is 17.0 Å². The summed E-state index contributed by atoms with van der Waals surface area (Å²) in [5, 5.41) is 8.01. The van der Waals surface area contributed by atoms with Crippen LogP contribution in [0.25, 0.3) is 54.7 Å². The van der Waals surface area contributed by atoms with Crippen molar-refractivity contribution in [2.45, 2.75) is 32.6 Å². The van der Waals surface area contributed by atoms with Crippen LogP contribution in [0.3, 0.4) is 0 Å². The fraction of sp³-hybridized carbons (Fsp3) is 0.128. The molecule has 9 rings (SSSR count). The van der Waals surface area contributed by atoms with Gasteiger partial charge in [-0.2, -0.15) is 0 Å². The van der Waals surface area contributed by atoms with E-state index in [1.807, 2.05) is 0 Å². The van der Waals surface area contributed by atoms with E-state index in [1.165, 1.54) is 91.8 Å². The predicted molar refractivity (Wildman–Crippen MR) is 186 cm³/mol. The smallest absolute Gasteiger partial charge is 0.0516 e. The Kier molecular flexibility index (Phi) is 8.63. The number of benzene rings is 4. The van der Waals surface area contributed by atoms with Gasteiger partial charge in [-0.25, -0.2) is 0 Å². The van der Waals surface area contributed by atoms with Gasteiger partial charge in [-0.3, -0.25) is 0 Å². The van der Waals surface area contributed by atoms with E-state index in [-0.39, 0.29) is 0 Å². The first-order valence-electron chi connectivity index (χ1n) is 15.1. The quantitative estimate of drug-likeness (QED) is 0.160. The van der Waals surface area contributed by atoms with Crippen LogP contribution in [0.4, 0.5) is 0 Å². The van der Waals surface area contributed by atoms with Crippen molar-refractivity contribution in [1.82, 2.24) is 9.13 Å². The topological polar surface area (TPSA) is 9.86 Å². The second-order valence-electron chi connectivity index (χ2n) is 11.4. The van der Waals surface area contributed by atoms with Gasteiger partial charge in [0.05, 0.1) is 11.0 Å². The van der Waals surface area contributed by atoms with Gasteiger partial charge in [0.15, 0.2) is 0 Å². The summed E-state index contributed by atoms with van der Waals surface area (Å²) < 4.78 is 4.83. The van der Waals surface area contributed by atoms with Crippen LogP contribution in [0.15, 0.2) is 127 Å². The van der Waals surface area contributed by atoms with E-state index in [4.69, 9.17) is 17.0 Å². The van der Waals surface area contributed by atoms with Crippen LogP contribution < -0.4 is 0 Å². The number of para-hydroxylation sites is 2. The van der Waals surface area contributed by atoms with Gasteiger partial charge in [0.1, 0.15) is 0 Å². The summed E-state index contributed by atoms with van der Waals surface area (Å²) in [4.78, 5) is 0. The zero-order chi connectivity index (χ0) is 30.0. The summed E-state index contributed by atoms with van der Waals surface area (Å²) >= 11 is -0.826. The van der Waals surface area contributed by atoms with Crippen molar-refractivity contribution in [1.29, 1.82) is 0 Å². The van der Waals surface area contributed by atoms with Crippen LogP contribution in [0.2, 0.25) is 0 Å². The first-order valence-corrected chi connectivity index (χ1v) is 21.5. The number of rotatable bonds is 2. The van der Waals surface area contributed by atoms with Crippen molar-refractivity contribution < 1.29 is 20.8 Å². The molecular weight excluding hydrogens is 659 g/mol. The van der Waals surface area contributed by atoms with Gasteiger partial charge < -0.3 is 9.13 Å². The van der Waals surface area contributed by atoms with E-state index in [0.29, 0.717) is 0 Å². The zero-order valence-electron chi connectivity index (χ0n) is 24.6. The first-order chi connectivity index (χ1) is 21.7. The Balaban J connectivity index is 0.000000132. The average molecular weight is 691 g/mol. The van der Waals surface area contributed by atoms with Crippen molar-refractivity contribution >= 4 is 60.4 Å². The molecule has 0 bridgehead atoms. The fourth-order valence-corrected chi connectivity index (χ4v) is 6.95. The minimum atomic E-state index is -0.826. The number of aryl methyl sites for hydroxylation is 2. The Labute approximate surface area is 276 Å². The van der Waals surface area contributed by atoms with Crippen molar-refractivity contribution in [3.63, 3.8) is 0 Å². The van der Waals surface area contributed by atoms with Crippen LogP contribution in [-0.2, 0) is 33.7 Å². The molecule has 0 amide bonds. The molecule has 0 radical (unpaired) electrons. The number of aromatic nitrogens is 2. The van der Waals surface area contributed by atoms with Crippen LogP contribution in [0, 0.1) is 6.92 Å². The number of hydrogen-bond donors (Lipinski definition) is 0. The summed E-state index contributed by atoms with van der Waals surface area (Å²) in [5.41, 5.74) is 9.59. The Hall–Kier alpha value is -3.36. The van der Waals surface area contributed by atoms with Crippen molar-refractivity contribution in [3.8, 4) is 11.4 Å². The second-order valence-corrected chi connectivity index (χ2v) is 15.2. The number of halogens is 2. The minimum Gasteiger partial charge on any atom is -0.332 e. The van der Waals surface area contributed by atoms with E-state index < -0.39 is 20.8 Å². The summed E-state index contributed by atoms with van der Waals surface area (Å²) in [6.45, 7) is 2.16. The molecule has 0 saturated heterocycles. The SMILES string of the molecule is Cc1cc2ccccc2n1-c1cc2ccccc2[cH-]1.[Cl][Zr+2][Cl].c1ccc2[cH-]c(-n3c4c(c5ccccc53)CCCC4)cc2c1. The van der Waals surface area contributed by atoms with Gasteiger partial charge in [-0.05, 0) is 67.7 Å². The molecule has 0 atom stereocenters. The van der Waals surface area contributed by atoms with Gasteiger partial charge >= 0.3 is 37.9 Å². The Morgan fingerprint density at radius 3 is 1.77 bits per heavy atom. The molecule has 2 aromatic heterocycles. The molecule has 216 valence electrons. The maximum Gasteiger partial charge on any atom is 0.0516 e. The average Bonchev–Trinajstić information content (AvgIpc) is 3.82. The molecule has 44 heavy (non-hydrogen) atoms.